The molecule has 0 aliphatic carbocycles. The molecule has 2 aromatic carbocycles. The van der Waals surface area contributed by atoms with Gasteiger partial charge in [-0.1, -0.05) is 24.3 Å². The average molecular weight is 362 g/mol. The van der Waals surface area contributed by atoms with Gasteiger partial charge in [0.25, 0.3) is 0 Å². The van der Waals surface area contributed by atoms with E-state index in [1.165, 1.54) is 12.1 Å². The SMILES string of the molecule is CS(=O)(=O)Nc1ccc(-c2csc(Cc3ccc(F)cc3)n2)cc1. The molecule has 0 saturated heterocycles. The second kappa shape index (κ2) is 6.70. The van der Waals surface area contributed by atoms with Gasteiger partial charge in [0.05, 0.1) is 17.0 Å². The maximum absolute atomic E-state index is 12.9. The fraction of sp³-hybridized carbons (Fsp3) is 0.118. The molecule has 0 saturated carbocycles. The maximum Gasteiger partial charge on any atom is 0.229 e. The Hall–Kier alpha value is -2.25. The van der Waals surface area contributed by atoms with Crippen molar-refractivity contribution >= 4 is 27.0 Å². The van der Waals surface area contributed by atoms with E-state index >= 15 is 0 Å². The van der Waals surface area contributed by atoms with Crippen LogP contribution in [0.5, 0.6) is 0 Å². The molecule has 0 unspecified atom stereocenters. The maximum atomic E-state index is 12.9. The Kier molecular flexibility index (Phi) is 4.64. The minimum atomic E-state index is -3.28. The standard InChI is InChI=1S/C17H15FN2O2S2/c1-24(21,22)20-15-8-4-13(5-9-15)16-11-23-17(19-16)10-12-2-6-14(18)7-3-12/h2-9,11,20H,10H2,1H3. The average Bonchev–Trinajstić information content (AvgIpc) is 2.97. The molecule has 1 N–H and O–H groups in total. The third-order valence-corrected chi connectivity index (χ3v) is 4.76. The Morgan fingerprint density at radius 3 is 2.38 bits per heavy atom. The first-order chi connectivity index (χ1) is 11.4. The van der Waals surface area contributed by atoms with E-state index < -0.39 is 10.0 Å². The third-order valence-electron chi connectivity index (χ3n) is 3.30. The van der Waals surface area contributed by atoms with Crippen LogP contribution < -0.4 is 4.72 Å². The van der Waals surface area contributed by atoms with E-state index in [4.69, 9.17) is 0 Å². The summed E-state index contributed by atoms with van der Waals surface area (Å²) in [7, 11) is -3.28. The summed E-state index contributed by atoms with van der Waals surface area (Å²) in [5.74, 6) is -0.249. The first kappa shape index (κ1) is 16.6. The molecule has 1 aromatic heterocycles. The smallest absolute Gasteiger partial charge is 0.229 e. The number of benzene rings is 2. The van der Waals surface area contributed by atoms with Gasteiger partial charge in [-0.3, -0.25) is 4.72 Å². The Balaban J connectivity index is 1.74. The predicted octanol–water partition coefficient (Wildman–Crippen LogP) is 3.91. The Bertz CT molecular complexity index is 933. The normalized spacial score (nSPS) is 11.4. The van der Waals surface area contributed by atoms with Crippen LogP contribution in [0.2, 0.25) is 0 Å². The third kappa shape index (κ3) is 4.39. The van der Waals surface area contributed by atoms with Gasteiger partial charge >= 0.3 is 0 Å². The number of thiazole rings is 1. The number of halogens is 1. The fourth-order valence-electron chi connectivity index (χ4n) is 2.22. The highest BCUT2D eigenvalue weighted by molar-refractivity contribution is 7.92. The molecule has 124 valence electrons. The van der Waals surface area contributed by atoms with Crippen LogP contribution in [-0.4, -0.2) is 19.7 Å². The van der Waals surface area contributed by atoms with Crippen LogP contribution in [-0.2, 0) is 16.4 Å². The molecule has 0 aliphatic rings. The number of anilines is 1. The Morgan fingerprint density at radius 1 is 1.08 bits per heavy atom. The molecule has 3 aromatic rings. The van der Waals surface area contributed by atoms with E-state index in [1.54, 1.807) is 35.6 Å². The van der Waals surface area contributed by atoms with Crippen LogP contribution in [0.25, 0.3) is 11.3 Å². The van der Waals surface area contributed by atoms with Crippen LogP contribution in [0.4, 0.5) is 10.1 Å². The van der Waals surface area contributed by atoms with E-state index in [2.05, 4.69) is 9.71 Å². The van der Waals surface area contributed by atoms with Gasteiger partial charge in [-0.05, 0) is 29.8 Å². The monoisotopic (exact) mass is 362 g/mol. The first-order valence-electron chi connectivity index (χ1n) is 7.16. The van der Waals surface area contributed by atoms with Gasteiger partial charge in [-0.2, -0.15) is 0 Å². The minimum absolute atomic E-state index is 0.249. The van der Waals surface area contributed by atoms with Crippen molar-refractivity contribution in [3.63, 3.8) is 0 Å². The van der Waals surface area contributed by atoms with Crippen molar-refractivity contribution in [2.45, 2.75) is 6.42 Å². The second-order valence-corrected chi connectivity index (χ2v) is 8.07. The number of aromatic nitrogens is 1. The van der Waals surface area contributed by atoms with E-state index in [-0.39, 0.29) is 5.82 Å². The molecule has 1 heterocycles. The lowest BCUT2D eigenvalue weighted by Crippen LogP contribution is -2.09. The Labute approximate surface area is 144 Å². The number of nitrogens with zero attached hydrogens (tertiary/aromatic N) is 1. The molecule has 0 atom stereocenters. The van der Waals surface area contributed by atoms with Crippen LogP contribution in [0.1, 0.15) is 10.6 Å². The fourth-order valence-corrected chi connectivity index (χ4v) is 3.63. The van der Waals surface area contributed by atoms with Gasteiger partial charge in [0.1, 0.15) is 5.82 Å². The summed E-state index contributed by atoms with van der Waals surface area (Å²) >= 11 is 1.54. The number of hydrogen-bond acceptors (Lipinski definition) is 4. The summed E-state index contributed by atoms with van der Waals surface area (Å²) in [5.41, 5.74) is 3.27. The van der Waals surface area contributed by atoms with Crippen molar-refractivity contribution in [2.75, 3.05) is 11.0 Å². The van der Waals surface area contributed by atoms with E-state index in [1.807, 2.05) is 17.5 Å². The van der Waals surface area contributed by atoms with Crippen molar-refractivity contribution in [2.24, 2.45) is 0 Å². The number of sulfonamides is 1. The molecule has 0 amide bonds. The zero-order valence-corrected chi connectivity index (χ0v) is 14.5. The summed E-state index contributed by atoms with van der Waals surface area (Å²) < 4.78 is 37.8. The van der Waals surface area contributed by atoms with Crippen LogP contribution >= 0.6 is 11.3 Å². The van der Waals surface area contributed by atoms with Crippen LogP contribution in [0, 0.1) is 5.82 Å². The molecule has 0 aliphatic heterocycles. The van der Waals surface area contributed by atoms with Crippen molar-refractivity contribution < 1.29 is 12.8 Å². The molecule has 4 nitrogen and oxygen atoms in total. The quantitative estimate of drug-likeness (QED) is 0.749. The summed E-state index contributed by atoms with van der Waals surface area (Å²) in [6.07, 6.45) is 1.77. The zero-order chi connectivity index (χ0) is 17.2. The van der Waals surface area contributed by atoms with Crippen molar-refractivity contribution in [1.29, 1.82) is 0 Å². The van der Waals surface area contributed by atoms with Gasteiger partial charge in [-0.25, -0.2) is 17.8 Å². The van der Waals surface area contributed by atoms with Crippen LogP contribution in [0.15, 0.2) is 53.9 Å². The van der Waals surface area contributed by atoms with E-state index in [9.17, 15) is 12.8 Å². The molecule has 24 heavy (non-hydrogen) atoms. The van der Waals surface area contributed by atoms with Crippen molar-refractivity contribution in [3.8, 4) is 11.3 Å². The largest absolute Gasteiger partial charge is 0.284 e. The lowest BCUT2D eigenvalue weighted by molar-refractivity contribution is 0.607. The Morgan fingerprint density at radius 2 is 1.75 bits per heavy atom. The number of nitrogens with one attached hydrogen (secondary N) is 1. The topological polar surface area (TPSA) is 59.1 Å². The lowest BCUT2D eigenvalue weighted by atomic mass is 10.1. The zero-order valence-electron chi connectivity index (χ0n) is 12.9. The van der Waals surface area contributed by atoms with Gasteiger partial charge < -0.3 is 0 Å². The van der Waals surface area contributed by atoms with Gasteiger partial charge in [0, 0.05) is 23.1 Å². The lowest BCUT2D eigenvalue weighted by Gasteiger charge is -2.04. The predicted molar refractivity (Wildman–Crippen MR) is 95.2 cm³/mol. The highest BCUT2D eigenvalue weighted by atomic mass is 32.2. The molecule has 0 spiro atoms. The number of rotatable bonds is 5. The second-order valence-electron chi connectivity index (χ2n) is 5.38. The summed E-state index contributed by atoms with van der Waals surface area (Å²) in [4.78, 5) is 4.59. The van der Waals surface area contributed by atoms with Gasteiger partial charge in [-0.15, -0.1) is 11.3 Å². The van der Waals surface area contributed by atoms with E-state index in [0.717, 1.165) is 28.1 Å². The molecule has 0 fully saturated rings. The molecular formula is C17H15FN2O2S2. The van der Waals surface area contributed by atoms with E-state index in [0.29, 0.717) is 12.1 Å². The first-order valence-corrected chi connectivity index (χ1v) is 9.93. The van der Waals surface area contributed by atoms with Crippen LogP contribution in [0.3, 0.4) is 0 Å². The highest BCUT2D eigenvalue weighted by Gasteiger charge is 2.07. The van der Waals surface area contributed by atoms with Crippen molar-refractivity contribution in [1.82, 2.24) is 4.98 Å². The summed E-state index contributed by atoms with van der Waals surface area (Å²) in [6.45, 7) is 0. The summed E-state index contributed by atoms with van der Waals surface area (Å²) in [6, 6.07) is 13.4. The minimum Gasteiger partial charge on any atom is -0.284 e. The highest BCUT2D eigenvalue weighted by Crippen LogP contribution is 2.25. The molecule has 0 bridgehead atoms. The summed E-state index contributed by atoms with van der Waals surface area (Å²) in [5, 5.41) is 2.90. The molecule has 7 heteroatoms. The van der Waals surface area contributed by atoms with Gasteiger partial charge in [0.15, 0.2) is 0 Å². The molecule has 0 radical (unpaired) electrons. The van der Waals surface area contributed by atoms with Gasteiger partial charge in [0.2, 0.25) is 10.0 Å². The number of hydrogen-bond donors (Lipinski definition) is 1. The molecular weight excluding hydrogens is 347 g/mol. The molecule has 3 rings (SSSR count). The van der Waals surface area contributed by atoms with Crippen molar-refractivity contribution in [3.05, 3.63) is 70.3 Å².